The average Bonchev–Trinajstić information content (AvgIpc) is 3.35. The number of benzene rings is 2. The maximum Gasteiger partial charge on any atom is 0.326 e. The monoisotopic (exact) mass is 468 g/mol. The number of carbonyl (C=O) groups is 3. The number of aliphatic carboxylic acids is 1. The van der Waals surface area contributed by atoms with E-state index in [9.17, 15) is 24.6 Å². The number of hydrogen-bond acceptors (Lipinski definition) is 6. The lowest BCUT2D eigenvalue weighted by Gasteiger charge is -2.30. The summed E-state index contributed by atoms with van der Waals surface area (Å²) in [5, 5.41) is 22.5. The predicted octanol–water partition coefficient (Wildman–Crippen LogP) is 2.14. The molecule has 0 spiro atoms. The molecule has 0 aliphatic carbocycles. The second-order valence-electron chi connectivity index (χ2n) is 8.33. The Hall–Kier alpha value is -3.23. The number of carboxylic acid groups (broad SMARTS) is 1. The van der Waals surface area contributed by atoms with Crippen LogP contribution in [0.3, 0.4) is 0 Å². The molecule has 3 N–H and O–H groups in total. The van der Waals surface area contributed by atoms with Gasteiger partial charge in [0, 0.05) is 19.0 Å². The second-order valence-corrected chi connectivity index (χ2v) is 8.33. The fourth-order valence-corrected chi connectivity index (χ4v) is 4.54. The summed E-state index contributed by atoms with van der Waals surface area (Å²) in [5.74, 6) is -2.90. The van der Waals surface area contributed by atoms with Crippen LogP contribution in [0.25, 0.3) is 0 Å². The molecular weight excluding hydrogens is 436 g/mol. The summed E-state index contributed by atoms with van der Waals surface area (Å²) in [6.07, 6.45) is 0.997. The van der Waals surface area contributed by atoms with Crippen molar-refractivity contribution in [3.05, 3.63) is 71.8 Å². The number of ether oxygens (including phenoxy) is 1. The summed E-state index contributed by atoms with van der Waals surface area (Å²) in [7, 11) is 0. The molecule has 1 saturated heterocycles. The quantitative estimate of drug-likeness (QED) is 0.433. The summed E-state index contributed by atoms with van der Waals surface area (Å²) in [6, 6.07) is 16.9. The van der Waals surface area contributed by atoms with Gasteiger partial charge in [0.2, 0.25) is 5.91 Å². The van der Waals surface area contributed by atoms with Gasteiger partial charge >= 0.3 is 11.9 Å². The highest BCUT2D eigenvalue weighted by atomic mass is 16.5. The number of aliphatic hydroxyl groups is 1. The zero-order valence-electron chi connectivity index (χ0n) is 19.3. The summed E-state index contributed by atoms with van der Waals surface area (Å²) < 4.78 is 5.41. The number of amides is 1. The van der Waals surface area contributed by atoms with Gasteiger partial charge in [-0.2, -0.15) is 0 Å². The van der Waals surface area contributed by atoms with E-state index >= 15 is 0 Å². The Morgan fingerprint density at radius 1 is 1.06 bits per heavy atom. The molecule has 2 unspecified atom stereocenters. The average molecular weight is 469 g/mol. The molecule has 0 radical (unpaired) electrons. The van der Waals surface area contributed by atoms with E-state index in [1.165, 1.54) is 4.90 Å². The topological polar surface area (TPSA) is 116 Å². The minimum absolute atomic E-state index is 0.199. The SMILES string of the molecule is CCOC(=O)C(c1ccccc1)C(CN[C@@H](CO)C(=O)N1CCC[C@H]1C(=O)O)c1ccccc1. The Morgan fingerprint density at radius 3 is 2.24 bits per heavy atom. The van der Waals surface area contributed by atoms with E-state index in [1.807, 2.05) is 60.7 Å². The number of nitrogens with zero attached hydrogens (tertiary/aromatic N) is 1. The van der Waals surface area contributed by atoms with Gasteiger partial charge in [-0.15, -0.1) is 0 Å². The minimum Gasteiger partial charge on any atom is -0.480 e. The lowest BCUT2D eigenvalue weighted by Crippen LogP contribution is -2.52. The third kappa shape index (κ3) is 6.01. The Balaban J connectivity index is 1.88. The van der Waals surface area contributed by atoms with Crippen molar-refractivity contribution < 1.29 is 29.3 Å². The van der Waals surface area contributed by atoms with Crippen LogP contribution in [-0.2, 0) is 19.1 Å². The van der Waals surface area contributed by atoms with Gasteiger partial charge in [-0.1, -0.05) is 60.7 Å². The van der Waals surface area contributed by atoms with E-state index < -0.39 is 42.4 Å². The van der Waals surface area contributed by atoms with Gasteiger partial charge in [0.1, 0.15) is 12.1 Å². The second kappa shape index (κ2) is 12.3. The third-order valence-electron chi connectivity index (χ3n) is 6.22. The van der Waals surface area contributed by atoms with Gasteiger partial charge in [-0.3, -0.25) is 9.59 Å². The molecule has 1 fully saturated rings. The van der Waals surface area contributed by atoms with Crippen LogP contribution < -0.4 is 5.32 Å². The van der Waals surface area contributed by atoms with Crippen molar-refractivity contribution in [3.63, 3.8) is 0 Å². The van der Waals surface area contributed by atoms with Crippen molar-refractivity contribution in [1.29, 1.82) is 0 Å². The van der Waals surface area contributed by atoms with E-state index in [1.54, 1.807) is 6.92 Å². The summed E-state index contributed by atoms with van der Waals surface area (Å²) in [5.41, 5.74) is 1.67. The first-order chi connectivity index (χ1) is 16.5. The van der Waals surface area contributed by atoms with Gasteiger partial charge in [0.15, 0.2) is 0 Å². The van der Waals surface area contributed by atoms with Crippen molar-refractivity contribution in [3.8, 4) is 0 Å². The molecule has 2 aromatic rings. The lowest BCUT2D eigenvalue weighted by molar-refractivity contribution is -0.149. The fraction of sp³-hybridized carbons (Fsp3) is 0.423. The first-order valence-corrected chi connectivity index (χ1v) is 11.6. The smallest absolute Gasteiger partial charge is 0.326 e. The molecule has 1 aliphatic rings. The van der Waals surface area contributed by atoms with E-state index in [0.29, 0.717) is 19.4 Å². The van der Waals surface area contributed by atoms with Crippen LogP contribution in [0.15, 0.2) is 60.7 Å². The minimum atomic E-state index is -1.05. The molecule has 0 bridgehead atoms. The zero-order valence-corrected chi connectivity index (χ0v) is 19.3. The molecule has 0 saturated carbocycles. The molecule has 1 heterocycles. The zero-order chi connectivity index (χ0) is 24.5. The van der Waals surface area contributed by atoms with Gasteiger partial charge in [-0.05, 0) is 30.9 Å². The van der Waals surface area contributed by atoms with E-state index in [4.69, 9.17) is 4.74 Å². The largest absolute Gasteiger partial charge is 0.480 e. The first-order valence-electron chi connectivity index (χ1n) is 11.6. The summed E-state index contributed by atoms with van der Waals surface area (Å²) in [6.45, 7) is 2.04. The molecule has 4 atom stereocenters. The standard InChI is InChI=1S/C26H32N2O6/c1-2-34-26(33)23(19-12-7-4-8-13-19)20(18-10-5-3-6-11-18)16-27-21(17-29)24(30)28-15-9-14-22(28)25(31)32/h3-8,10-13,20-23,27,29H,2,9,14-17H2,1H3,(H,31,32)/t20?,21-,22-,23?/m0/s1. The molecule has 0 aromatic heterocycles. The fourth-order valence-electron chi connectivity index (χ4n) is 4.54. The normalized spacial score (nSPS) is 18.2. The van der Waals surface area contributed by atoms with Crippen molar-refractivity contribution >= 4 is 17.8 Å². The number of likely N-dealkylation sites (tertiary alicyclic amines) is 1. The maximum atomic E-state index is 13.1. The molecule has 1 amide bonds. The number of hydrogen-bond donors (Lipinski definition) is 3. The van der Waals surface area contributed by atoms with Gasteiger partial charge in [-0.25, -0.2) is 4.79 Å². The van der Waals surface area contributed by atoms with Gasteiger partial charge < -0.3 is 25.2 Å². The lowest BCUT2D eigenvalue weighted by atomic mass is 9.81. The highest BCUT2D eigenvalue weighted by molar-refractivity contribution is 5.87. The summed E-state index contributed by atoms with van der Waals surface area (Å²) in [4.78, 5) is 39.0. The van der Waals surface area contributed by atoms with Crippen molar-refractivity contribution in [2.45, 2.75) is 43.7 Å². The number of carbonyl (C=O) groups excluding carboxylic acids is 2. The van der Waals surface area contributed by atoms with Crippen LogP contribution in [0.4, 0.5) is 0 Å². The first kappa shape index (κ1) is 25.4. The molecule has 34 heavy (non-hydrogen) atoms. The van der Waals surface area contributed by atoms with E-state index in [0.717, 1.165) is 11.1 Å². The number of rotatable bonds is 11. The molecule has 3 rings (SSSR count). The van der Waals surface area contributed by atoms with Crippen molar-refractivity contribution in [2.75, 3.05) is 26.3 Å². The number of esters is 1. The van der Waals surface area contributed by atoms with Crippen LogP contribution >= 0.6 is 0 Å². The van der Waals surface area contributed by atoms with Crippen LogP contribution in [-0.4, -0.2) is 71.3 Å². The van der Waals surface area contributed by atoms with Gasteiger partial charge in [0.25, 0.3) is 0 Å². The maximum absolute atomic E-state index is 13.1. The van der Waals surface area contributed by atoms with Crippen LogP contribution in [0, 0.1) is 0 Å². The summed E-state index contributed by atoms with van der Waals surface area (Å²) >= 11 is 0. The molecule has 1 aliphatic heterocycles. The Morgan fingerprint density at radius 2 is 1.68 bits per heavy atom. The number of aliphatic hydroxyl groups excluding tert-OH is 1. The van der Waals surface area contributed by atoms with Crippen LogP contribution in [0.1, 0.15) is 42.7 Å². The van der Waals surface area contributed by atoms with Crippen LogP contribution in [0.5, 0.6) is 0 Å². The number of carboxylic acids is 1. The van der Waals surface area contributed by atoms with Gasteiger partial charge in [0.05, 0.1) is 19.1 Å². The predicted molar refractivity (Wildman–Crippen MR) is 126 cm³/mol. The molecule has 2 aromatic carbocycles. The highest BCUT2D eigenvalue weighted by Gasteiger charge is 2.38. The molecule has 8 heteroatoms. The Bertz CT molecular complexity index is 952. The van der Waals surface area contributed by atoms with Crippen LogP contribution in [0.2, 0.25) is 0 Å². The third-order valence-corrected chi connectivity index (χ3v) is 6.22. The van der Waals surface area contributed by atoms with Crippen molar-refractivity contribution in [2.24, 2.45) is 0 Å². The molecule has 182 valence electrons. The Kier molecular flexibility index (Phi) is 9.18. The molecular formula is C26H32N2O6. The van der Waals surface area contributed by atoms with E-state index in [2.05, 4.69) is 5.32 Å². The number of nitrogens with one attached hydrogen (secondary N) is 1. The van der Waals surface area contributed by atoms with E-state index in [-0.39, 0.29) is 19.1 Å². The molecule has 8 nitrogen and oxygen atoms in total. The Labute approximate surface area is 199 Å². The highest BCUT2D eigenvalue weighted by Crippen LogP contribution is 2.34. The van der Waals surface area contributed by atoms with Crippen molar-refractivity contribution in [1.82, 2.24) is 10.2 Å².